The normalized spacial score (nSPS) is 15.7. The van der Waals surface area contributed by atoms with Crippen LogP contribution in [0, 0.1) is 5.92 Å². The van der Waals surface area contributed by atoms with E-state index < -0.39 is 26.8 Å². The van der Waals surface area contributed by atoms with Gasteiger partial charge in [0, 0.05) is 0 Å². The second kappa shape index (κ2) is 12.7. The van der Waals surface area contributed by atoms with Gasteiger partial charge >= 0.3 is 5.97 Å². The van der Waals surface area contributed by atoms with Gasteiger partial charge in [-0.3, -0.25) is 9.35 Å². The van der Waals surface area contributed by atoms with Crippen LogP contribution in [0.4, 0.5) is 0 Å². The number of hydrogen-bond acceptors (Lipinski definition) is 3. The fraction of sp³-hybridized carbons (Fsp3) is 0.947. The lowest BCUT2D eigenvalue weighted by molar-refractivity contribution is -0.142. The van der Waals surface area contributed by atoms with Crippen molar-refractivity contribution in [3.05, 3.63) is 0 Å². The molecule has 150 valence electrons. The van der Waals surface area contributed by atoms with Gasteiger partial charge in [-0.1, -0.05) is 91.4 Å². The van der Waals surface area contributed by atoms with Gasteiger partial charge in [0.05, 0.1) is 0 Å². The van der Waals surface area contributed by atoms with Crippen LogP contribution < -0.4 is 0 Å². The Kier molecular flexibility index (Phi) is 12.4. The molecule has 0 heterocycles. The van der Waals surface area contributed by atoms with Gasteiger partial charge in [0.25, 0.3) is 10.1 Å². The molecule has 0 saturated heterocycles. The predicted octanol–water partition coefficient (Wildman–Crippen LogP) is 5.44. The molecule has 0 rings (SSSR count). The molecule has 0 aromatic heterocycles. The molecule has 0 aliphatic rings. The van der Waals surface area contributed by atoms with Crippen molar-refractivity contribution in [2.24, 2.45) is 5.92 Å². The van der Waals surface area contributed by atoms with Crippen LogP contribution in [-0.2, 0) is 14.9 Å². The molecule has 0 aromatic rings. The molecule has 0 amide bonds. The summed E-state index contributed by atoms with van der Waals surface area (Å²) in [6, 6.07) is 0. The van der Waals surface area contributed by atoms with E-state index in [4.69, 9.17) is 0 Å². The van der Waals surface area contributed by atoms with Gasteiger partial charge in [0.15, 0.2) is 4.75 Å². The molecule has 0 fully saturated rings. The molecule has 0 radical (unpaired) electrons. The van der Waals surface area contributed by atoms with Crippen molar-refractivity contribution in [2.75, 3.05) is 0 Å². The van der Waals surface area contributed by atoms with Crippen molar-refractivity contribution < 1.29 is 22.9 Å². The number of unbranched alkanes of at least 4 members (excludes halogenated alkanes) is 9. The molecule has 0 aliphatic carbocycles. The molecule has 6 heteroatoms. The highest BCUT2D eigenvalue weighted by molar-refractivity contribution is 7.88. The summed E-state index contributed by atoms with van der Waals surface area (Å²) >= 11 is 0. The Hall–Kier alpha value is -0.620. The van der Waals surface area contributed by atoms with E-state index in [0.717, 1.165) is 38.5 Å². The van der Waals surface area contributed by atoms with Gasteiger partial charge in [-0.2, -0.15) is 8.42 Å². The van der Waals surface area contributed by atoms with E-state index in [1.165, 1.54) is 25.7 Å². The fourth-order valence-electron chi connectivity index (χ4n) is 3.51. The second-order valence-corrected chi connectivity index (χ2v) is 8.97. The van der Waals surface area contributed by atoms with Crippen molar-refractivity contribution >= 4 is 16.1 Å². The summed E-state index contributed by atoms with van der Waals surface area (Å²) in [6.45, 7) is 5.85. The number of hydrogen-bond donors (Lipinski definition) is 2. The minimum atomic E-state index is -4.67. The molecule has 0 aromatic carbocycles. The van der Waals surface area contributed by atoms with Crippen LogP contribution in [0.1, 0.15) is 104 Å². The largest absolute Gasteiger partial charge is 0.480 e. The van der Waals surface area contributed by atoms with Gasteiger partial charge in [0.1, 0.15) is 0 Å². The maximum atomic E-state index is 12.0. The molecule has 0 spiro atoms. The monoisotopic (exact) mass is 378 g/mol. The van der Waals surface area contributed by atoms with Crippen LogP contribution in [0.3, 0.4) is 0 Å². The number of carbonyl (C=O) groups is 1. The highest BCUT2D eigenvalue weighted by Gasteiger charge is 2.53. The maximum absolute atomic E-state index is 12.0. The topological polar surface area (TPSA) is 91.7 Å². The Morgan fingerprint density at radius 3 is 1.76 bits per heavy atom. The first-order valence-electron chi connectivity index (χ1n) is 9.94. The molecule has 2 unspecified atom stereocenters. The summed E-state index contributed by atoms with van der Waals surface area (Å²) in [5.74, 6) is -2.02. The highest BCUT2D eigenvalue weighted by atomic mass is 32.2. The van der Waals surface area contributed by atoms with E-state index >= 15 is 0 Å². The van der Waals surface area contributed by atoms with Crippen LogP contribution in [0.5, 0.6) is 0 Å². The molecule has 5 nitrogen and oxygen atoms in total. The standard InChI is InChI=1S/C19H38O5S/c1-4-6-8-9-10-11-12-14-16-19(18(20)21,25(22,23)24)17(3)15-13-7-5-2/h17H,4-16H2,1-3H3,(H,20,21)(H,22,23,24). The summed E-state index contributed by atoms with van der Waals surface area (Å²) in [7, 11) is -4.67. The second-order valence-electron chi connectivity index (χ2n) is 7.29. The maximum Gasteiger partial charge on any atom is 0.327 e. The molecule has 0 saturated carbocycles. The Morgan fingerprint density at radius 1 is 0.880 bits per heavy atom. The van der Waals surface area contributed by atoms with Crippen molar-refractivity contribution in [3.8, 4) is 0 Å². The van der Waals surface area contributed by atoms with E-state index in [-0.39, 0.29) is 6.42 Å². The number of carboxylic acid groups (broad SMARTS) is 1. The summed E-state index contributed by atoms with van der Waals surface area (Å²) in [5, 5.41) is 9.65. The number of aliphatic carboxylic acids is 1. The average Bonchev–Trinajstić information content (AvgIpc) is 2.52. The summed E-state index contributed by atoms with van der Waals surface area (Å²) in [6.07, 6.45) is 11.4. The minimum Gasteiger partial charge on any atom is -0.480 e. The van der Waals surface area contributed by atoms with Gasteiger partial charge < -0.3 is 5.11 Å². The van der Waals surface area contributed by atoms with Crippen LogP contribution in [0.25, 0.3) is 0 Å². The zero-order chi connectivity index (χ0) is 19.3. The quantitative estimate of drug-likeness (QED) is 0.275. The highest BCUT2D eigenvalue weighted by Crippen LogP contribution is 2.36. The zero-order valence-corrected chi connectivity index (χ0v) is 17.1. The van der Waals surface area contributed by atoms with Gasteiger partial charge in [0.2, 0.25) is 0 Å². The van der Waals surface area contributed by atoms with Crippen LogP contribution in [0.2, 0.25) is 0 Å². The fourth-order valence-corrected chi connectivity index (χ4v) is 4.76. The molecule has 25 heavy (non-hydrogen) atoms. The third kappa shape index (κ3) is 8.07. The first-order chi connectivity index (χ1) is 11.7. The van der Waals surface area contributed by atoms with Crippen molar-refractivity contribution in [2.45, 2.75) is 109 Å². The van der Waals surface area contributed by atoms with Gasteiger partial charge in [-0.15, -0.1) is 0 Å². The van der Waals surface area contributed by atoms with Gasteiger partial charge in [-0.25, -0.2) is 0 Å². The molecular formula is C19H38O5S. The third-order valence-electron chi connectivity index (χ3n) is 5.26. The minimum absolute atomic E-state index is 0.0105. The first-order valence-corrected chi connectivity index (χ1v) is 11.4. The number of carboxylic acids is 1. The molecule has 0 aliphatic heterocycles. The van der Waals surface area contributed by atoms with E-state index in [2.05, 4.69) is 6.92 Å². The van der Waals surface area contributed by atoms with Crippen molar-refractivity contribution in [1.82, 2.24) is 0 Å². The third-order valence-corrected chi connectivity index (χ3v) is 6.96. The Labute approximate surface area is 154 Å². The van der Waals surface area contributed by atoms with Crippen LogP contribution in [-0.4, -0.2) is 28.8 Å². The molecular weight excluding hydrogens is 340 g/mol. The van der Waals surface area contributed by atoms with Crippen LogP contribution in [0.15, 0.2) is 0 Å². The van der Waals surface area contributed by atoms with Crippen molar-refractivity contribution in [1.29, 1.82) is 0 Å². The lowest BCUT2D eigenvalue weighted by Gasteiger charge is -2.32. The van der Waals surface area contributed by atoms with E-state index in [9.17, 15) is 22.9 Å². The van der Waals surface area contributed by atoms with Gasteiger partial charge in [-0.05, 0) is 18.8 Å². The van der Waals surface area contributed by atoms with Crippen LogP contribution >= 0.6 is 0 Å². The number of rotatable bonds is 16. The average molecular weight is 379 g/mol. The van der Waals surface area contributed by atoms with E-state index in [1.54, 1.807) is 6.92 Å². The molecule has 0 bridgehead atoms. The molecule has 2 atom stereocenters. The summed E-state index contributed by atoms with van der Waals surface area (Å²) < 4.78 is 31.6. The van der Waals surface area contributed by atoms with E-state index in [0.29, 0.717) is 12.8 Å². The lowest BCUT2D eigenvalue weighted by atomic mass is 9.84. The zero-order valence-electron chi connectivity index (χ0n) is 16.3. The van der Waals surface area contributed by atoms with E-state index in [1.807, 2.05) is 6.92 Å². The first kappa shape index (κ1) is 24.4. The summed E-state index contributed by atoms with van der Waals surface area (Å²) in [5.41, 5.74) is 0. The SMILES string of the molecule is CCCCCCCCCCC(C(=O)O)(C(C)CCCCC)S(=O)(=O)O. The summed E-state index contributed by atoms with van der Waals surface area (Å²) in [4.78, 5) is 11.8. The van der Waals surface area contributed by atoms with Crippen molar-refractivity contribution in [3.63, 3.8) is 0 Å². The molecule has 2 N–H and O–H groups in total. The Bertz CT molecular complexity index is 460. The smallest absolute Gasteiger partial charge is 0.327 e. The lowest BCUT2D eigenvalue weighted by Crippen LogP contribution is -2.51. The Morgan fingerprint density at radius 2 is 1.32 bits per heavy atom. The Balaban J connectivity index is 4.73. The predicted molar refractivity (Wildman–Crippen MR) is 102 cm³/mol.